The van der Waals surface area contributed by atoms with Crippen LogP contribution in [-0.4, -0.2) is 15.1 Å². The molecule has 0 radical (unpaired) electrons. The van der Waals surface area contributed by atoms with Gasteiger partial charge in [0.05, 0.1) is 4.92 Å². The molecule has 0 atom stereocenters. The third kappa shape index (κ3) is 3.75. The molecule has 1 heterocycles. The summed E-state index contributed by atoms with van der Waals surface area (Å²) in [6.07, 6.45) is 0. The topological polar surface area (TPSA) is 82.1 Å². The van der Waals surface area contributed by atoms with Crippen molar-refractivity contribution in [1.29, 1.82) is 0 Å². The molecule has 0 N–H and O–H groups in total. The fourth-order valence-electron chi connectivity index (χ4n) is 1.99. The Hall–Kier alpha value is -2.67. The summed E-state index contributed by atoms with van der Waals surface area (Å²) in [7, 11) is 0. The summed E-state index contributed by atoms with van der Waals surface area (Å²) in [5.41, 5.74) is 2.94. The van der Waals surface area contributed by atoms with Crippen LogP contribution in [0.2, 0.25) is 0 Å². The molecular weight excluding hydrogens is 314 g/mol. The van der Waals surface area contributed by atoms with Gasteiger partial charge in [0.2, 0.25) is 5.89 Å². The monoisotopic (exact) mass is 327 g/mol. The fraction of sp³-hybridized carbons (Fsp3) is 0.125. The van der Waals surface area contributed by atoms with E-state index in [1.54, 1.807) is 12.1 Å². The van der Waals surface area contributed by atoms with E-state index in [0.717, 1.165) is 16.7 Å². The zero-order valence-corrected chi connectivity index (χ0v) is 13.1. The van der Waals surface area contributed by atoms with Crippen molar-refractivity contribution in [2.24, 2.45) is 0 Å². The van der Waals surface area contributed by atoms with E-state index in [-0.39, 0.29) is 5.69 Å². The molecule has 7 heteroatoms. The highest BCUT2D eigenvalue weighted by molar-refractivity contribution is 7.98. The van der Waals surface area contributed by atoms with Gasteiger partial charge < -0.3 is 4.42 Å². The number of nitrogens with zero attached hydrogens (tertiary/aromatic N) is 3. The van der Waals surface area contributed by atoms with Crippen LogP contribution in [0.15, 0.2) is 58.2 Å². The van der Waals surface area contributed by atoms with E-state index in [2.05, 4.69) is 10.2 Å². The van der Waals surface area contributed by atoms with Crippen molar-refractivity contribution in [2.75, 3.05) is 0 Å². The van der Waals surface area contributed by atoms with Gasteiger partial charge in [-0.1, -0.05) is 41.6 Å². The fourth-order valence-corrected chi connectivity index (χ4v) is 2.69. The quantitative estimate of drug-likeness (QED) is 0.396. The molecule has 3 aromatic rings. The van der Waals surface area contributed by atoms with Crippen LogP contribution >= 0.6 is 11.8 Å². The van der Waals surface area contributed by atoms with E-state index in [4.69, 9.17) is 4.42 Å². The molecule has 0 aliphatic heterocycles. The molecular formula is C16H13N3O3S. The normalized spacial score (nSPS) is 10.7. The maximum Gasteiger partial charge on any atom is 0.277 e. The summed E-state index contributed by atoms with van der Waals surface area (Å²) in [6.45, 7) is 2.01. The SMILES string of the molecule is Cc1ccc(-c2nnc(SCc3cccc([N+](=O)[O-])c3)o2)cc1. The molecule has 0 spiro atoms. The van der Waals surface area contributed by atoms with Crippen LogP contribution in [0.5, 0.6) is 0 Å². The number of aromatic nitrogens is 2. The Balaban J connectivity index is 1.69. The number of aryl methyl sites for hydroxylation is 1. The highest BCUT2D eigenvalue weighted by Crippen LogP contribution is 2.26. The number of thioether (sulfide) groups is 1. The van der Waals surface area contributed by atoms with Crippen molar-refractivity contribution >= 4 is 17.4 Å². The lowest BCUT2D eigenvalue weighted by atomic mass is 10.1. The molecule has 0 fully saturated rings. The third-order valence-corrected chi connectivity index (χ3v) is 4.08. The Labute approximate surface area is 136 Å². The van der Waals surface area contributed by atoms with Gasteiger partial charge in [-0.15, -0.1) is 10.2 Å². The van der Waals surface area contributed by atoms with Gasteiger partial charge >= 0.3 is 0 Å². The number of benzene rings is 2. The molecule has 6 nitrogen and oxygen atoms in total. The Morgan fingerprint density at radius 2 is 1.96 bits per heavy atom. The van der Waals surface area contributed by atoms with Crippen LogP contribution in [0.1, 0.15) is 11.1 Å². The maximum absolute atomic E-state index is 10.8. The first-order valence-corrected chi connectivity index (χ1v) is 7.87. The molecule has 23 heavy (non-hydrogen) atoms. The zero-order valence-electron chi connectivity index (χ0n) is 12.3. The van der Waals surface area contributed by atoms with Crippen molar-refractivity contribution in [1.82, 2.24) is 10.2 Å². The highest BCUT2D eigenvalue weighted by Gasteiger charge is 2.10. The first kappa shape index (κ1) is 15.2. The molecule has 0 aliphatic carbocycles. The second kappa shape index (κ2) is 6.62. The van der Waals surface area contributed by atoms with Gasteiger partial charge in [-0.05, 0) is 24.6 Å². The van der Waals surface area contributed by atoms with E-state index < -0.39 is 4.92 Å². The van der Waals surface area contributed by atoms with E-state index in [0.29, 0.717) is 16.9 Å². The summed E-state index contributed by atoms with van der Waals surface area (Å²) in [4.78, 5) is 10.4. The molecule has 116 valence electrons. The number of hydrogen-bond donors (Lipinski definition) is 0. The molecule has 0 saturated carbocycles. The van der Waals surface area contributed by atoms with Crippen LogP contribution in [0.25, 0.3) is 11.5 Å². The zero-order chi connectivity index (χ0) is 16.2. The lowest BCUT2D eigenvalue weighted by Crippen LogP contribution is -1.89. The van der Waals surface area contributed by atoms with Crippen molar-refractivity contribution < 1.29 is 9.34 Å². The van der Waals surface area contributed by atoms with Gasteiger partial charge in [-0.2, -0.15) is 0 Å². The number of rotatable bonds is 5. The Bertz CT molecular complexity index is 831. The van der Waals surface area contributed by atoms with E-state index in [1.807, 2.05) is 37.3 Å². The van der Waals surface area contributed by atoms with Crippen LogP contribution in [0, 0.1) is 17.0 Å². The summed E-state index contributed by atoms with van der Waals surface area (Å²) in [6, 6.07) is 14.3. The smallest absolute Gasteiger partial charge is 0.277 e. The van der Waals surface area contributed by atoms with Crippen molar-refractivity contribution in [3.8, 4) is 11.5 Å². The lowest BCUT2D eigenvalue weighted by molar-refractivity contribution is -0.384. The molecule has 0 unspecified atom stereocenters. The second-order valence-electron chi connectivity index (χ2n) is 4.95. The Morgan fingerprint density at radius 3 is 2.70 bits per heavy atom. The molecule has 3 rings (SSSR count). The number of hydrogen-bond acceptors (Lipinski definition) is 6. The number of nitro benzene ring substituents is 1. The summed E-state index contributed by atoms with van der Waals surface area (Å²) >= 11 is 1.35. The summed E-state index contributed by atoms with van der Waals surface area (Å²) in [5, 5.41) is 19.2. The predicted octanol–water partition coefficient (Wildman–Crippen LogP) is 4.25. The molecule has 0 aliphatic rings. The predicted molar refractivity (Wildman–Crippen MR) is 87.1 cm³/mol. The van der Waals surface area contributed by atoms with E-state index in [9.17, 15) is 10.1 Å². The van der Waals surface area contributed by atoms with Crippen molar-refractivity contribution in [3.63, 3.8) is 0 Å². The third-order valence-electron chi connectivity index (χ3n) is 3.19. The van der Waals surface area contributed by atoms with Crippen molar-refractivity contribution in [2.45, 2.75) is 17.9 Å². The van der Waals surface area contributed by atoms with Crippen molar-refractivity contribution in [3.05, 3.63) is 69.8 Å². The first-order valence-electron chi connectivity index (χ1n) is 6.88. The van der Waals surface area contributed by atoms with Gasteiger partial charge in [0.15, 0.2) is 0 Å². The van der Waals surface area contributed by atoms with Crippen LogP contribution < -0.4 is 0 Å². The van der Waals surface area contributed by atoms with Crippen LogP contribution in [-0.2, 0) is 5.75 Å². The van der Waals surface area contributed by atoms with Gasteiger partial charge in [-0.3, -0.25) is 10.1 Å². The molecule has 1 aromatic heterocycles. The molecule has 0 saturated heterocycles. The largest absolute Gasteiger partial charge is 0.411 e. The molecule has 0 amide bonds. The lowest BCUT2D eigenvalue weighted by Gasteiger charge is -1.98. The maximum atomic E-state index is 10.8. The Kier molecular flexibility index (Phi) is 4.38. The van der Waals surface area contributed by atoms with E-state index >= 15 is 0 Å². The number of non-ortho nitro benzene ring substituents is 1. The minimum absolute atomic E-state index is 0.0778. The summed E-state index contributed by atoms with van der Waals surface area (Å²) in [5.74, 6) is 0.989. The van der Waals surface area contributed by atoms with Gasteiger partial charge in [0.25, 0.3) is 10.9 Å². The van der Waals surface area contributed by atoms with Crippen LogP contribution in [0.3, 0.4) is 0 Å². The Morgan fingerprint density at radius 1 is 1.17 bits per heavy atom. The highest BCUT2D eigenvalue weighted by atomic mass is 32.2. The first-order chi connectivity index (χ1) is 11.1. The average Bonchev–Trinajstić information content (AvgIpc) is 3.03. The average molecular weight is 327 g/mol. The van der Waals surface area contributed by atoms with Gasteiger partial charge in [0.1, 0.15) is 0 Å². The summed E-state index contributed by atoms with van der Waals surface area (Å²) < 4.78 is 5.62. The van der Waals surface area contributed by atoms with Gasteiger partial charge in [0, 0.05) is 23.4 Å². The standard InChI is InChI=1S/C16H13N3O3S/c1-11-5-7-13(8-6-11)15-17-18-16(22-15)23-10-12-3-2-4-14(9-12)19(20)21/h2-9H,10H2,1H3. The van der Waals surface area contributed by atoms with Crippen LogP contribution in [0.4, 0.5) is 5.69 Å². The molecule has 2 aromatic carbocycles. The molecule has 0 bridgehead atoms. The minimum atomic E-state index is -0.406. The van der Waals surface area contributed by atoms with Gasteiger partial charge in [-0.25, -0.2) is 0 Å². The van der Waals surface area contributed by atoms with E-state index in [1.165, 1.54) is 17.8 Å². The second-order valence-corrected chi connectivity index (χ2v) is 5.88. The number of nitro groups is 1. The minimum Gasteiger partial charge on any atom is -0.411 e.